The van der Waals surface area contributed by atoms with E-state index in [1.54, 1.807) is 0 Å². The van der Waals surface area contributed by atoms with E-state index in [2.05, 4.69) is 76.4 Å². The van der Waals surface area contributed by atoms with Crippen molar-refractivity contribution in [2.45, 2.75) is 19.4 Å². The van der Waals surface area contributed by atoms with Gasteiger partial charge < -0.3 is 0 Å². The molecule has 0 fully saturated rings. The number of pyridine rings is 1. The Hall–Kier alpha value is -3.20. The summed E-state index contributed by atoms with van der Waals surface area (Å²) in [6, 6.07) is 23.3. The summed E-state index contributed by atoms with van der Waals surface area (Å²) in [6.07, 6.45) is 5.81. The third-order valence-corrected chi connectivity index (χ3v) is 5.10. The zero-order valence-corrected chi connectivity index (χ0v) is 14.5. The number of hydrogen-bond donors (Lipinski definition) is 0. The van der Waals surface area contributed by atoms with Gasteiger partial charge in [-0.2, -0.15) is 5.10 Å². The second-order valence-corrected chi connectivity index (χ2v) is 6.71. The molecule has 0 bridgehead atoms. The largest absolute Gasteiger partial charge is 0.265 e. The molecule has 0 atom stereocenters. The fraction of sp³-hybridized carbons (Fsp3) is 0.130. The van der Waals surface area contributed by atoms with Gasteiger partial charge in [0.1, 0.15) is 0 Å². The van der Waals surface area contributed by atoms with Gasteiger partial charge in [-0.1, -0.05) is 54.6 Å². The number of hydrogen-bond acceptors (Lipinski definition) is 2. The first-order valence-corrected chi connectivity index (χ1v) is 9.02. The van der Waals surface area contributed by atoms with E-state index >= 15 is 0 Å². The van der Waals surface area contributed by atoms with Crippen LogP contribution in [0, 0.1) is 0 Å². The molecule has 5 rings (SSSR count). The molecule has 0 radical (unpaired) electrons. The second-order valence-electron chi connectivity index (χ2n) is 6.71. The predicted octanol–water partition coefficient (Wildman–Crippen LogP) is 4.76. The molecule has 0 saturated heterocycles. The van der Waals surface area contributed by atoms with E-state index in [4.69, 9.17) is 5.10 Å². The van der Waals surface area contributed by atoms with E-state index in [0.29, 0.717) is 0 Å². The molecule has 0 aliphatic heterocycles. The van der Waals surface area contributed by atoms with E-state index < -0.39 is 0 Å². The van der Waals surface area contributed by atoms with Gasteiger partial charge in [0.15, 0.2) is 0 Å². The lowest BCUT2D eigenvalue weighted by Gasteiger charge is -2.16. The first-order valence-electron chi connectivity index (χ1n) is 9.02. The Balaban J connectivity index is 1.71. The van der Waals surface area contributed by atoms with E-state index in [1.807, 2.05) is 12.4 Å². The predicted molar refractivity (Wildman–Crippen MR) is 104 cm³/mol. The van der Waals surface area contributed by atoms with Gasteiger partial charge in [-0.05, 0) is 36.1 Å². The molecule has 1 aliphatic carbocycles. The minimum atomic E-state index is 0.771. The van der Waals surface area contributed by atoms with Gasteiger partial charge >= 0.3 is 0 Å². The maximum Gasteiger partial charge on any atom is 0.0964 e. The molecule has 2 aromatic carbocycles. The number of fused-ring (bicyclic) bond motifs is 3. The Bertz CT molecular complexity index is 1050. The molecule has 3 heteroatoms. The molecule has 4 aromatic rings. The lowest BCUT2D eigenvalue weighted by Crippen LogP contribution is -2.05. The molecule has 26 heavy (non-hydrogen) atoms. The minimum absolute atomic E-state index is 0.771. The van der Waals surface area contributed by atoms with Gasteiger partial charge in [0.2, 0.25) is 0 Å². The maximum atomic E-state index is 5.06. The third-order valence-electron chi connectivity index (χ3n) is 5.10. The fourth-order valence-electron chi connectivity index (χ4n) is 3.89. The standard InChI is InChI=1S/C23H19N3/c1-2-6-17(7-3-1)16-26-23(19-12-14-24-15-13-19)21-11-10-18-8-4-5-9-20(18)22(21)25-26/h1-9,12-15H,10-11,16H2. The lowest BCUT2D eigenvalue weighted by atomic mass is 9.88. The molecule has 0 N–H and O–H groups in total. The number of benzene rings is 2. The van der Waals surface area contributed by atoms with Crippen LogP contribution < -0.4 is 0 Å². The van der Waals surface area contributed by atoms with Crippen molar-refractivity contribution >= 4 is 0 Å². The Morgan fingerprint density at radius 1 is 0.808 bits per heavy atom. The Labute approximate surface area is 153 Å². The Morgan fingerprint density at radius 3 is 2.42 bits per heavy atom. The summed E-state index contributed by atoms with van der Waals surface area (Å²) < 4.78 is 2.16. The monoisotopic (exact) mass is 337 g/mol. The lowest BCUT2D eigenvalue weighted by molar-refractivity contribution is 0.696. The van der Waals surface area contributed by atoms with Crippen molar-refractivity contribution in [2.24, 2.45) is 0 Å². The van der Waals surface area contributed by atoms with Crippen molar-refractivity contribution in [3.63, 3.8) is 0 Å². The number of rotatable bonds is 3. The van der Waals surface area contributed by atoms with Crippen LogP contribution in [0.3, 0.4) is 0 Å². The van der Waals surface area contributed by atoms with Gasteiger partial charge in [0, 0.05) is 29.1 Å². The van der Waals surface area contributed by atoms with Crippen LogP contribution in [0.2, 0.25) is 0 Å². The van der Waals surface area contributed by atoms with Crippen LogP contribution >= 0.6 is 0 Å². The summed E-state index contributed by atoms with van der Waals surface area (Å²) in [5.74, 6) is 0. The van der Waals surface area contributed by atoms with Gasteiger partial charge in [-0.25, -0.2) is 0 Å². The average molecular weight is 337 g/mol. The fourth-order valence-corrected chi connectivity index (χ4v) is 3.89. The summed E-state index contributed by atoms with van der Waals surface area (Å²) in [5, 5.41) is 5.06. The first kappa shape index (κ1) is 15.1. The Morgan fingerprint density at radius 2 is 1.58 bits per heavy atom. The van der Waals surface area contributed by atoms with Gasteiger partial charge in [0.05, 0.1) is 17.9 Å². The quantitative estimate of drug-likeness (QED) is 0.540. The first-order chi connectivity index (χ1) is 12.9. The van der Waals surface area contributed by atoms with E-state index in [1.165, 1.54) is 33.5 Å². The Kier molecular flexibility index (Phi) is 3.64. The van der Waals surface area contributed by atoms with Crippen LogP contribution in [0.15, 0.2) is 79.1 Å². The number of nitrogens with zero attached hydrogens (tertiary/aromatic N) is 3. The highest BCUT2D eigenvalue weighted by atomic mass is 15.3. The maximum absolute atomic E-state index is 5.06. The van der Waals surface area contributed by atoms with E-state index in [0.717, 1.165) is 25.1 Å². The van der Waals surface area contributed by atoms with Gasteiger partial charge in [-0.3, -0.25) is 9.67 Å². The van der Waals surface area contributed by atoms with E-state index in [-0.39, 0.29) is 0 Å². The number of aryl methyl sites for hydroxylation is 1. The smallest absolute Gasteiger partial charge is 0.0964 e. The topological polar surface area (TPSA) is 30.7 Å². The van der Waals surface area contributed by atoms with Crippen molar-refractivity contribution in [2.75, 3.05) is 0 Å². The molecule has 0 amide bonds. The van der Waals surface area contributed by atoms with Crippen molar-refractivity contribution in [3.8, 4) is 22.5 Å². The zero-order chi connectivity index (χ0) is 17.3. The van der Waals surface area contributed by atoms with Crippen LogP contribution in [0.25, 0.3) is 22.5 Å². The van der Waals surface area contributed by atoms with Crippen molar-refractivity contribution in [1.82, 2.24) is 14.8 Å². The van der Waals surface area contributed by atoms with Crippen LogP contribution in [-0.2, 0) is 19.4 Å². The van der Waals surface area contributed by atoms with Crippen molar-refractivity contribution in [1.29, 1.82) is 0 Å². The average Bonchev–Trinajstić information content (AvgIpc) is 3.08. The molecular weight excluding hydrogens is 318 g/mol. The highest BCUT2D eigenvalue weighted by molar-refractivity contribution is 5.78. The molecule has 126 valence electrons. The highest BCUT2D eigenvalue weighted by Gasteiger charge is 2.25. The zero-order valence-electron chi connectivity index (χ0n) is 14.5. The molecule has 3 nitrogen and oxygen atoms in total. The highest BCUT2D eigenvalue weighted by Crippen LogP contribution is 2.38. The summed E-state index contributed by atoms with van der Waals surface area (Å²) in [7, 11) is 0. The summed E-state index contributed by atoms with van der Waals surface area (Å²) >= 11 is 0. The van der Waals surface area contributed by atoms with Crippen LogP contribution in [0.5, 0.6) is 0 Å². The summed E-state index contributed by atoms with van der Waals surface area (Å²) in [4.78, 5) is 4.19. The molecule has 0 saturated carbocycles. The van der Waals surface area contributed by atoms with E-state index in [9.17, 15) is 0 Å². The summed E-state index contributed by atoms with van der Waals surface area (Å²) in [6.45, 7) is 0.771. The third kappa shape index (κ3) is 2.53. The minimum Gasteiger partial charge on any atom is -0.265 e. The molecule has 2 heterocycles. The summed E-state index contributed by atoms with van der Waals surface area (Å²) in [5.41, 5.74) is 8.82. The van der Waals surface area contributed by atoms with Crippen molar-refractivity contribution < 1.29 is 0 Å². The van der Waals surface area contributed by atoms with Gasteiger partial charge in [-0.15, -0.1) is 0 Å². The molecule has 0 spiro atoms. The van der Waals surface area contributed by atoms with Crippen LogP contribution in [-0.4, -0.2) is 14.8 Å². The van der Waals surface area contributed by atoms with Crippen molar-refractivity contribution in [3.05, 3.63) is 95.8 Å². The second kappa shape index (κ2) is 6.26. The van der Waals surface area contributed by atoms with Gasteiger partial charge in [0.25, 0.3) is 0 Å². The SMILES string of the molecule is c1ccc(Cn2nc3c(c2-c2ccncc2)CCc2ccccc2-3)cc1. The normalized spacial score (nSPS) is 12.5. The molecular formula is C23H19N3. The van der Waals surface area contributed by atoms with Crippen LogP contribution in [0.1, 0.15) is 16.7 Å². The molecule has 1 aliphatic rings. The molecule has 2 aromatic heterocycles. The molecule has 0 unspecified atom stereocenters. The van der Waals surface area contributed by atoms with Crippen LogP contribution in [0.4, 0.5) is 0 Å². The number of aromatic nitrogens is 3.